The minimum Gasteiger partial charge on any atom is -0.399 e. The number of aromatic nitrogens is 2. The summed E-state index contributed by atoms with van der Waals surface area (Å²) in [7, 11) is 0. The Morgan fingerprint density at radius 3 is 2.60 bits per heavy atom. The van der Waals surface area contributed by atoms with Crippen LogP contribution in [0.3, 0.4) is 0 Å². The number of benzene rings is 1. The summed E-state index contributed by atoms with van der Waals surface area (Å²) in [5.41, 5.74) is 8.76. The molecule has 20 heavy (non-hydrogen) atoms. The van der Waals surface area contributed by atoms with E-state index < -0.39 is 0 Å². The highest BCUT2D eigenvalue weighted by molar-refractivity contribution is 7.99. The van der Waals surface area contributed by atoms with Crippen LogP contribution in [0.15, 0.2) is 35.5 Å². The highest BCUT2D eigenvalue weighted by Crippen LogP contribution is 2.16. The summed E-state index contributed by atoms with van der Waals surface area (Å²) in [4.78, 5) is 20.4. The molecule has 2 rings (SSSR count). The Bertz CT molecular complexity index is 610. The van der Waals surface area contributed by atoms with Crippen molar-refractivity contribution < 1.29 is 4.79 Å². The van der Waals surface area contributed by atoms with Crippen molar-refractivity contribution in [1.82, 2.24) is 9.97 Å². The van der Waals surface area contributed by atoms with Crippen molar-refractivity contribution in [3.8, 4) is 0 Å². The highest BCUT2D eigenvalue weighted by Gasteiger charge is 2.06. The smallest absolute Gasteiger partial charge is 0.234 e. The molecule has 104 valence electrons. The van der Waals surface area contributed by atoms with Gasteiger partial charge in [-0.15, -0.1) is 0 Å². The monoisotopic (exact) mass is 288 g/mol. The van der Waals surface area contributed by atoms with Gasteiger partial charge in [0.05, 0.1) is 5.75 Å². The number of rotatable bonds is 4. The van der Waals surface area contributed by atoms with Gasteiger partial charge in [-0.05, 0) is 38.1 Å². The van der Waals surface area contributed by atoms with Gasteiger partial charge >= 0.3 is 0 Å². The molecule has 0 unspecified atom stereocenters. The lowest BCUT2D eigenvalue weighted by Crippen LogP contribution is -2.14. The summed E-state index contributed by atoms with van der Waals surface area (Å²) in [6, 6.07) is 8.98. The van der Waals surface area contributed by atoms with Crippen LogP contribution in [-0.2, 0) is 4.79 Å². The molecule has 0 fully saturated rings. The van der Waals surface area contributed by atoms with Crippen LogP contribution in [0.4, 0.5) is 11.4 Å². The Labute approximate surface area is 122 Å². The van der Waals surface area contributed by atoms with Crippen molar-refractivity contribution in [3.63, 3.8) is 0 Å². The number of aryl methyl sites for hydroxylation is 2. The highest BCUT2D eigenvalue weighted by atomic mass is 32.2. The molecule has 1 amide bonds. The number of hydrogen-bond acceptors (Lipinski definition) is 5. The third-order valence-electron chi connectivity index (χ3n) is 2.46. The molecule has 3 N–H and O–H groups in total. The number of carbonyl (C=O) groups excluding carboxylic acids is 1. The summed E-state index contributed by atoms with van der Waals surface area (Å²) < 4.78 is 0. The van der Waals surface area contributed by atoms with Gasteiger partial charge in [0.15, 0.2) is 5.16 Å². The first-order chi connectivity index (χ1) is 9.52. The summed E-state index contributed by atoms with van der Waals surface area (Å²) in [6.07, 6.45) is 0. The summed E-state index contributed by atoms with van der Waals surface area (Å²) in [5.74, 6) is 0.154. The van der Waals surface area contributed by atoms with Gasteiger partial charge in [-0.25, -0.2) is 9.97 Å². The lowest BCUT2D eigenvalue weighted by molar-refractivity contribution is -0.113. The SMILES string of the molecule is Cc1cc(C)nc(SCC(=O)Nc2cccc(N)c2)n1. The molecule has 1 heterocycles. The van der Waals surface area contributed by atoms with E-state index in [-0.39, 0.29) is 11.7 Å². The van der Waals surface area contributed by atoms with Crippen molar-refractivity contribution in [3.05, 3.63) is 41.7 Å². The molecule has 0 spiro atoms. The normalized spacial score (nSPS) is 10.3. The van der Waals surface area contributed by atoms with Crippen LogP contribution >= 0.6 is 11.8 Å². The third kappa shape index (κ3) is 4.24. The van der Waals surface area contributed by atoms with Crippen molar-refractivity contribution in [2.75, 3.05) is 16.8 Å². The molecule has 0 bridgehead atoms. The first kappa shape index (κ1) is 14.3. The second-order valence-corrected chi connectivity index (χ2v) is 5.34. The number of anilines is 2. The van der Waals surface area contributed by atoms with Gasteiger partial charge < -0.3 is 11.1 Å². The van der Waals surface area contributed by atoms with Crippen LogP contribution in [0.1, 0.15) is 11.4 Å². The van der Waals surface area contributed by atoms with Crippen LogP contribution in [0.25, 0.3) is 0 Å². The molecule has 0 atom stereocenters. The Balaban J connectivity index is 1.92. The standard InChI is InChI=1S/C14H16N4OS/c1-9-6-10(2)17-14(16-9)20-8-13(19)18-12-5-3-4-11(15)7-12/h3-7H,8,15H2,1-2H3,(H,18,19). The van der Waals surface area contributed by atoms with Gasteiger partial charge in [0.1, 0.15) is 0 Å². The van der Waals surface area contributed by atoms with E-state index in [0.717, 1.165) is 11.4 Å². The molecule has 1 aromatic heterocycles. The van der Waals surface area contributed by atoms with Crippen LogP contribution in [-0.4, -0.2) is 21.6 Å². The third-order valence-corrected chi connectivity index (χ3v) is 3.31. The van der Waals surface area contributed by atoms with Gasteiger partial charge in [0, 0.05) is 22.8 Å². The fourth-order valence-electron chi connectivity index (χ4n) is 1.70. The zero-order valence-corrected chi connectivity index (χ0v) is 12.2. The first-order valence-corrected chi connectivity index (χ1v) is 7.12. The summed E-state index contributed by atoms with van der Waals surface area (Å²) >= 11 is 1.31. The van der Waals surface area contributed by atoms with E-state index in [1.54, 1.807) is 24.3 Å². The van der Waals surface area contributed by atoms with Gasteiger partial charge in [-0.2, -0.15) is 0 Å². The number of nitrogens with zero attached hydrogens (tertiary/aromatic N) is 2. The molecule has 0 aliphatic rings. The minimum absolute atomic E-state index is 0.108. The van der Waals surface area contributed by atoms with E-state index >= 15 is 0 Å². The molecule has 0 saturated carbocycles. The Hall–Kier alpha value is -2.08. The molecular formula is C14H16N4OS. The van der Waals surface area contributed by atoms with Gasteiger partial charge in [-0.1, -0.05) is 17.8 Å². The zero-order chi connectivity index (χ0) is 14.5. The fourth-order valence-corrected chi connectivity index (χ4v) is 2.45. The summed E-state index contributed by atoms with van der Waals surface area (Å²) in [5, 5.41) is 3.40. The Morgan fingerprint density at radius 1 is 1.25 bits per heavy atom. The lowest BCUT2D eigenvalue weighted by Gasteiger charge is -2.06. The maximum Gasteiger partial charge on any atom is 0.234 e. The molecule has 1 aromatic carbocycles. The number of hydrogen-bond donors (Lipinski definition) is 2. The van der Waals surface area contributed by atoms with Crippen molar-refractivity contribution in [2.45, 2.75) is 19.0 Å². The van der Waals surface area contributed by atoms with E-state index in [4.69, 9.17) is 5.73 Å². The van der Waals surface area contributed by atoms with E-state index in [9.17, 15) is 4.79 Å². The minimum atomic E-state index is -0.108. The Morgan fingerprint density at radius 2 is 1.95 bits per heavy atom. The number of nitrogen functional groups attached to an aromatic ring is 1. The second-order valence-electron chi connectivity index (χ2n) is 4.40. The van der Waals surface area contributed by atoms with Crippen molar-refractivity contribution in [1.29, 1.82) is 0 Å². The second kappa shape index (κ2) is 6.38. The maximum absolute atomic E-state index is 11.8. The van der Waals surface area contributed by atoms with E-state index in [2.05, 4.69) is 15.3 Å². The zero-order valence-electron chi connectivity index (χ0n) is 11.4. The lowest BCUT2D eigenvalue weighted by atomic mass is 10.3. The van der Waals surface area contributed by atoms with Gasteiger partial charge in [0.25, 0.3) is 0 Å². The molecule has 6 heteroatoms. The van der Waals surface area contributed by atoms with E-state index in [0.29, 0.717) is 16.5 Å². The number of thioether (sulfide) groups is 1. The van der Waals surface area contributed by atoms with Crippen LogP contribution in [0.5, 0.6) is 0 Å². The fraction of sp³-hybridized carbons (Fsp3) is 0.214. The maximum atomic E-state index is 11.8. The molecule has 5 nitrogen and oxygen atoms in total. The van der Waals surface area contributed by atoms with E-state index in [1.165, 1.54) is 11.8 Å². The molecule has 0 radical (unpaired) electrons. The van der Waals surface area contributed by atoms with Crippen LogP contribution in [0.2, 0.25) is 0 Å². The quantitative estimate of drug-likeness (QED) is 0.513. The first-order valence-electron chi connectivity index (χ1n) is 6.13. The average molecular weight is 288 g/mol. The topological polar surface area (TPSA) is 80.9 Å². The number of carbonyl (C=O) groups is 1. The summed E-state index contributed by atoms with van der Waals surface area (Å²) in [6.45, 7) is 3.82. The van der Waals surface area contributed by atoms with E-state index in [1.807, 2.05) is 19.9 Å². The largest absolute Gasteiger partial charge is 0.399 e. The number of nitrogens with two attached hydrogens (primary N) is 1. The Kier molecular flexibility index (Phi) is 4.57. The predicted molar refractivity (Wildman–Crippen MR) is 81.7 cm³/mol. The van der Waals surface area contributed by atoms with Crippen LogP contribution in [0, 0.1) is 13.8 Å². The molecule has 0 aliphatic heterocycles. The van der Waals surface area contributed by atoms with Crippen molar-refractivity contribution >= 4 is 29.0 Å². The van der Waals surface area contributed by atoms with Crippen molar-refractivity contribution in [2.24, 2.45) is 0 Å². The molecule has 0 aliphatic carbocycles. The molecule has 0 saturated heterocycles. The van der Waals surface area contributed by atoms with Crippen LogP contribution < -0.4 is 11.1 Å². The predicted octanol–water partition coefficient (Wildman–Crippen LogP) is 2.41. The molecule has 2 aromatic rings. The van der Waals surface area contributed by atoms with Gasteiger partial charge in [0.2, 0.25) is 5.91 Å². The number of nitrogens with one attached hydrogen (secondary N) is 1. The molecular weight excluding hydrogens is 272 g/mol. The number of amides is 1. The average Bonchev–Trinajstić information content (AvgIpc) is 2.35. The van der Waals surface area contributed by atoms with Gasteiger partial charge in [-0.3, -0.25) is 4.79 Å².